The van der Waals surface area contributed by atoms with Crippen LogP contribution < -0.4 is 14.4 Å². The number of pyridine rings is 1. The number of halogens is 3. The maximum atomic E-state index is 17.6. The summed E-state index contributed by atoms with van der Waals surface area (Å²) in [6, 6.07) is 6.53. The van der Waals surface area contributed by atoms with Crippen molar-refractivity contribution in [1.29, 1.82) is 0 Å². The summed E-state index contributed by atoms with van der Waals surface area (Å²) in [4.78, 5) is 18.6. The third-order valence-corrected chi connectivity index (χ3v) is 19.0. The number of benzene rings is 2. The largest absolute Gasteiger partial charge is 0.468 e. The molecule has 3 fully saturated rings. The molecule has 5 heterocycles. The van der Waals surface area contributed by atoms with E-state index in [1.165, 1.54) is 13.2 Å². The van der Waals surface area contributed by atoms with E-state index in [1.54, 1.807) is 24.4 Å². The molecule has 2 aromatic carbocycles. The zero-order valence-corrected chi connectivity index (χ0v) is 35.6. The van der Waals surface area contributed by atoms with Crippen molar-refractivity contribution >= 4 is 35.6 Å². The Morgan fingerprint density at radius 2 is 1.79 bits per heavy atom. The van der Waals surface area contributed by atoms with Gasteiger partial charge in [0.25, 0.3) is 0 Å². The van der Waals surface area contributed by atoms with Crippen LogP contribution in [0.3, 0.4) is 0 Å². The minimum Gasteiger partial charge on any atom is -0.468 e. The van der Waals surface area contributed by atoms with Crippen molar-refractivity contribution in [1.82, 2.24) is 19.9 Å². The summed E-state index contributed by atoms with van der Waals surface area (Å²) >= 11 is 0. The zero-order valence-electron chi connectivity index (χ0n) is 34.6. The molecule has 3 aliphatic heterocycles. The second kappa shape index (κ2) is 16.7. The third-order valence-electron chi connectivity index (χ3n) is 12.7. The van der Waals surface area contributed by atoms with Gasteiger partial charge >= 0.3 is 6.01 Å². The van der Waals surface area contributed by atoms with Crippen LogP contribution in [0.2, 0.25) is 16.6 Å². The summed E-state index contributed by atoms with van der Waals surface area (Å²) in [6.07, 6.45) is 3.54. The Labute approximate surface area is 335 Å². The molecular weight excluding hydrogens is 748 g/mol. The van der Waals surface area contributed by atoms with Crippen molar-refractivity contribution in [2.24, 2.45) is 0 Å². The summed E-state index contributed by atoms with van der Waals surface area (Å²) in [5.41, 5.74) is 4.67. The van der Waals surface area contributed by atoms with Gasteiger partial charge in [-0.1, -0.05) is 53.5 Å². The Morgan fingerprint density at radius 1 is 1.02 bits per heavy atom. The number of ether oxygens (including phenoxy) is 4. The van der Waals surface area contributed by atoms with Crippen LogP contribution in [0.15, 0.2) is 30.5 Å². The van der Waals surface area contributed by atoms with E-state index in [2.05, 4.69) is 69.7 Å². The van der Waals surface area contributed by atoms with Gasteiger partial charge in [0, 0.05) is 56.4 Å². The van der Waals surface area contributed by atoms with Gasteiger partial charge in [-0.05, 0) is 72.9 Å². The molecule has 13 heteroatoms. The SMILES string of the molecule is COCOc1cc(-c2ncc3c(N4CCOCCC4C)nc(OC[C@@]45CCCN4C[C@H](F)C5)nc3c2F)c2c(C#C[Si](C(C)C)(C(C)C)C(C)C)c(F)ccc2c1. The number of methoxy groups -OCH3 is 1. The molecule has 0 spiro atoms. The van der Waals surface area contributed by atoms with E-state index in [-0.39, 0.29) is 42.2 Å². The molecule has 0 saturated carbocycles. The number of hydrogen-bond donors (Lipinski definition) is 0. The molecule has 0 radical (unpaired) electrons. The zero-order chi connectivity index (χ0) is 40.6. The number of fused-ring (bicyclic) bond motifs is 3. The summed E-state index contributed by atoms with van der Waals surface area (Å²) in [6.45, 7) is 18.3. The molecule has 3 atom stereocenters. The first-order chi connectivity index (χ1) is 27.3. The van der Waals surface area contributed by atoms with Crippen molar-refractivity contribution in [3.05, 3.63) is 47.7 Å². The minimum atomic E-state index is -2.29. The van der Waals surface area contributed by atoms with Gasteiger partial charge in [-0.25, -0.2) is 13.2 Å². The third kappa shape index (κ3) is 7.70. The van der Waals surface area contributed by atoms with E-state index in [9.17, 15) is 4.39 Å². The highest BCUT2D eigenvalue weighted by molar-refractivity contribution is 6.90. The molecule has 4 aromatic rings. The number of aromatic nitrogens is 3. The van der Waals surface area contributed by atoms with Crippen molar-refractivity contribution in [2.45, 2.75) is 109 Å². The molecule has 306 valence electrons. The van der Waals surface area contributed by atoms with Gasteiger partial charge in [-0.15, -0.1) is 5.54 Å². The molecule has 0 aliphatic carbocycles. The van der Waals surface area contributed by atoms with Crippen LogP contribution in [0.5, 0.6) is 11.8 Å². The van der Waals surface area contributed by atoms with E-state index >= 15 is 8.78 Å². The molecule has 57 heavy (non-hydrogen) atoms. The Morgan fingerprint density at radius 3 is 2.53 bits per heavy atom. The second-order valence-corrected chi connectivity index (χ2v) is 22.6. The Hall–Kier alpha value is -3.96. The predicted molar refractivity (Wildman–Crippen MR) is 221 cm³/mol. The van der Waals surface area contributed by atoms with Gasteiger partial charge in [0.1, 0.15) is 49.4 Å². The van der Waals surface area contributed by atoms with Crippen LogP contribution in [0.25, 0.3) is 32.9 Å². The first kappa shape index (κ1) is 41.2. The molecule has 3 saturated heterocycles. The highest BCUT2D eigenvalue weighted by Crippen LogP contribution is 2.44. The average molecular weight is 804 g/mol. The van der Waals surface area contributed by atoms with Gasteiger partial charge < -0.3 is 23.8 Å². The van der Waals surface area contributed by atoms with E-state index < -0.39 is 31.4 Å². The highest BCUT2D eigenvalue weighted by Gasteiger charge is 2.49. The molecule has 3 aliphatic rings. The fourth-order valence-electron chi connectivity index (χ4n) is 9.89. The maximum absolute atomic E-state index is 17.6. The molecular formula is C44H56F3N5O4Si. The van der Waals surface area contributed by atoms with Gasteiger partial charge in [0.05, 0.1) is 23.1 Å². The molecule has 1 unspecified atom stereocenters. The molecule has 0 N–H and O–H groups in total. The molecule has 0 amide bonds. The lowest BCUT2D eigenvalue weighted by molar-refractivity contribution is 0.0512. The van der Waals surface area contributed by atoms with Crippen molar-refractivity contribution < 1.29 is 32.1 Å². The Kier molecular flexibility index (Phi) is 12.1. The van der Waals surface area contributed by atoms with Gasteiger partial charge in [0.15, 0.2) is 12.6 Å². The quantitative estimate of drug-likeness (QED) is 0.0838. The van der Waals surface area contributed by atoms with E-state index in [4.69, 9.17) is 33.9 Å². The Bertz CT molecular complexity index is 2160. The molecule has 2 aromatic heterocycles. The number of hydrogen-bond acceptors (Lipinski definition) is 9. The smallest absolute Gasteiger partial charge is 0.319 e. The van der Waals surface area contributed by atoms with Crippen LogP contribution >= 0.6 is 0 Å². The predicted octanol–water partition coefficient (Wildman–Crippen LogP) is 9.25. The van der Waals surface area contributed by atoms with Crippen LogP contribution in [-0.2, 0) is 9.47 Å². The van der Waals surface area contributed by atoms with Crippen molar-refractivity contribution in [3.63, 3.8) is 0 Å². The lowest BCUT2D eigenvalue weighted by atomic mass is 9.95. The number of rotatable bonds is 11. The minimum absolute atomic E-state index is 0.00596. The summed E-state index contributed by atoms with van der Waals surface area (Å²) in [7, 11) is -0.770. The van der Waals surface area contributed by atoms with Gasteiger partial charge in [0.2, 0.25) is 0 Å². The van der Waals surface area contributed by atoms with E-state index in [0.717, 1.165) is 25.8 Å². The maximum Gasteiger partial charge on any atom is 0.319 e. The van der Waals surface area contributed by atoms with Crippen LogP contribution in [-0.4, -0.2) is 99.0 Å². The van der Waals surface area contributed by atoms with Gasteiger partial charge in [-0.2, -0.15) is 9.97 Å². The molecule has 7 rings (SSSR count). The Balaban J connectivity index is 1.44. The highest BCUT2D eigenvalue weighted by atomic mass is 28.3. The standard InChI is InChI=1S/C44H56F3N5O4Si/c1-27(2)57(28(3)4,29(5)6)19-13-34-37(46)11-10-31-20-33(56-26-53-8)21-35(38(31)34)40-39(47)41-36(23-48-40)42(52-16-18-54-17-12-30(52)7)50-43(49-41)55-25-44-14-9-15-51(44)24-32(45)22-44/h10-11,20-21,23,27-30,32H,9,12,14-18,22,24-26H2,1-8H3/t30?,32-,44+/m1/s1. The van der Waals surface area contributed by atoms with Crippen LogP contribution in [0, 0.1) is 23.1 Å². The van der Waals surface area contributed by atoms with E-state index in [0.29, 0.717) is 82.6 Å². The van der Waals surface area contributed by atoms with Crippen molar-refractivity contribution in [2.75, 3.05) is 58.3 Å². The molecule has 0 bridgehead atoms. The summed E-state index contributed by atoms with van der Waals surface area (Å²) < 4.78 is 71.8. The lowest BCUT2D eigenvalue weighted by Crippen LogP contribution is -2.43. The summed E-state index contributed by atoms with van der Waals surface area (Å²) in [5.74, 6) is 3.00. The summed E-state index contributed by atoms with van der Waals surface area (Å²) in [5, 5.41) is 1.46. The monoisotopic (exact) mass is 803 g/mol. The number of nitrogens with zero attached hydrogens (tertiary/aromatic N) is 5. The van der Waals surface area contributed by atoms with Crippen LogP contribution in [0.1, 0.15) is 79.7 Å². The second-order valence-electron chi connectivity index (χ2n) is 17.0. The number of alkyl halides is 1. The lowest BCUT2D eigenvalue weighted by Gasteiger charge is -2.38. The molecule has 9 nitrogen and oxygen atoms in total. The van der Waals surface area contributed by atoms with Crippen LogP contribution in [0.4, 0.5) is 19.0 Å². The van der Waals surface area contributed by atoms with E-state index in [1.807, 2.05) is 0 Å². The van der Waals surface area contributed by atoms with Gasteiger partial charge in [-0.3, -0.25) is 9.88 Å². The first-order valence-electron chi connectivity index (χ1n) is 20.4. The topological polar surface area (TPSA) is 82.1 Å². The normalized spacial score (nSPS) is 21.8. The number of anilines is 1. The fourth-order valence-corrected chi connectivity index (χ4v) is 15.1. The average Bonchev–Trinajstić information content (AvgIpc) is 3.61. The van der Waals surface area contributed by atoms with Crippen molar-refractivity contribution in [3.8, 4) is 34.5 Å². The first-order valence-corrected chi connectivity index (χ1v) is 22.7. The fraction of sp³-hybridized carbons (Fsp3) is 0.568.